The molecule has 0 fully saturated rings. The highest BCUT2D eigenvalue weighted by atomic mass is 16.6. The van der Waals surface area contributed by atoms with Crippen molar-refractivity contribution in [2.24, 2.45) is 5.73 Å². The average Bonchev–Trinajstić information content (AvgIpc) is 3.32. The van der Waals surface area contributed by atoms with E-state index in [-0.39, 0.29) is 18.6 Å². The Labute approximate surface area is 414 Å². The molecule has 0 bridgehead atoms. The third-order valence-corrected chi connectivity index (χ3v) is 11.3. The van der Waals surface area contributed by atoms with E-state index in [0.717, 1.165) is 65.3 Å². The zero-order valence-corrected chi connectivity index (χ0v) is 41.1. The first-order chi connectivity index (χ1) is 33.8. The number of ether oxygens (including phenoxy) is 2. The number of Topliss-reactive ketones (excluding diaryl/α,β-unsaturated/α-hetero) is 1. The summed E-state index contributed by atoms with van der Waals surface area (Å²) in [5.74, 6) is -0.0789. The lowest BCUT2D eigenvalue weighted by atomic mass is 9.94. The fraction of sp³-hybridized carbons (Fsp3) is 0.263. The molecule has 0 aliphatic carbocycles. The standard InChI is InChI=1S/C29H31N3O3.C18H21NO4.C10H11N3/c1-29(2,3)35-28(34)32-25(18-21-9-6-8-20-7-4-5-10-23(20)21)26(33)14-12-19-11-13-24-22(17-19)15-16-31-27(24)30;1-18(2,3)23-17(22)19-15(16(20)21)11-13-9-6-8-12-7-4-5-10-14(12)13;11-6-7-1-2-9-8(5-7)3-4-13-10(9)12/h4-11,13,15-17,25H,12,14,18H2,1-3H3,(H2,30,31)(H,32,34);4-10,15H,11H2,1-3H3,(H,19,22)(H,20,21);1-5H,6,11H2,(H2,12,13)/t25-;15-;/m00./s1. The number of carboxylic acid groups (broad SMARTS) is 1. The van der Waals surface area contributed by atoms with Crippen LogP contribution in [0.25, 0.3) is 43.1 Å². The Morgan fingerprint density at radius 1 is 0.549 bits per heavy atom. The van der Waals surface area contributed by atoms with Crippen molar-refractivity contribution in [3.8, 4) is 0 Å². The summed E-state index contributed by atoms with van der Waals surface area (Å²) in [4.78, 5) is 57.4. The summed E-state index contributed by atoms with van der Waals surface area (Å²) in [5, 5.41) is 22.8. The van der Waals surface area contributed by atoms with Crippen LogP contribution < -0.4 is 27.8 Å². The van der Waals surface area contributed by atoms with Gasteiger partial charge in [-0.2, -0.15) is 0 Å². The van der Waals surface area contributed by atoms with E-state index in [9.17, 15) is 24.3 Å². The number of benzene rings is 6. The number of carboxylic acids is 1. The minimum Gasteiger partial charge on any atom is -0.480 e. The molecule has 2 heterocycles. The largest absolute Gasteiger partial charge is 0.480 e. The van der Waals surface area contributed by atoms with E-state index in [0.29, 0.717) is 31.0 Å². The number of alkyl carbamates (subject to hydrolysis) is 2. The average molecular weight is 958 g/mol. The number of rotatable bonds is 12. The van der Waals surface area contributed by atoms with Gasteiger partial charge in [0.2, 0.25) is 0 Å². The summed E-state index contributed by atoms with van der Waals surface area (Å²) in [6.07, 6.45) is 3.48. The Kier molecular flexibility index (Phi) is 17.3. The highest BCUT2D eigenvalue weighted by Crippen LogP contribution is 2.25. The zero-order chi connectivity index (χ0) is 51.3. The van der Waals surface area contributed by atoms with Crippen LogP contribution in [0.15, 0.2) is 146 Å². The molecule has 6 aromatic carbocycles. The fourth-order valence-corrected chi connectivity index (χ4v) is 7.95. The van der Waals surface area contributed by atoms with Gasteiger partial charge in [0.15, 0.2) is 5.78 Å². The van der Waals surface area contributed by atoms with Crippen LogP contribution in [0.1, 0.15) is 70.2 Å². The van der Waals surface area contributed by atoms with Crippen molar-refractivity contribution in [1.82, 2.24) is 20.6 Å². The van der Waals surface area contributed by atoms with Crippen LogP contribution in [0.5, 0.6) is 0 Å². The number of hydrogen-bond donors (Lipinski definition) is 6. The van der Waals surface area contributed by atoms with Gasteiger partial charge in [0.05, 0.1) is 6.04 Å². The van der Waals surface area contributed by atoms with Gasteiger partial charge in [-0.15, -0.1) is 0 Å². The van der Waals surface area contributed by atoms with Gasteiger partial charge < -0.3 is 42.4 Å². The Bertz CT molecular complexity index is 3150. The van der Waals surface area contributed by atoms with Crippen LogP contribution in [0.4, 0.5) is 21.2 Å². The summed E-state index contributed by atoms with van der Waals surface area (Å²) in [6, 6.07) is 41.5. The van der Waals surface area contributed by atoms with Crippen LogP contribution in [0.2, 0.25) is 0 Å². The number of aryl methyl sites for hydroxylation is 1. The van der Waals surface area contributed by atoms with Gasteiger partial charge in [-0.05, 0) is 121 Å². The highest BCUT2D eigenvalue weighted by Gasteiger charge is 2.26. The molecule has 71 heavy (non-hydrogen) atoms. The molecule has 2 atom stereocenters. The maximum absolute atomic E-state index is 13.4. The van der Waals surface area contributed by atoms with E-state index in [1.54, 1.807) is 53.9 Å². The van der Waals surface area contributed by atoms with E-state index in [1.807, 2.05) is 133 Å². The predicted octanol–water partition coefficient (Wildman–Crippen LogP) is 10.2. The number of hydrogen-bond acceptors (Lipinski definition) is 11. The normalized spacial score (nSPS) is 12.2. The lowest BCUT2D eigenvalue weighted by molar-refractivity contribution is -0.139. The predicted molar refractivity (Wildman–Crippen MR) is 283 cm³/mol. The fourth-order valence-electron chi connectivity index (χ4n) is 7.95. The number of nitrogen functional groups attached to an aromatic ring is 2. The number of carbonyl (C=O) groups is 4. The first-order valence-corrected chi connectivity index (χ1v) is 23.4. The van der Waals surface area contributed by atoms with E-state index in [4.69, 9.17) is 26.7 Å². The smallest absolute Gasteiger partial charge is 0.408 e. The second kappa shape index (κ2) is 23.5. The maximum atomic E-state index is 13.4. The molecule has 0 spiro atoms. The van der Waals surface area contributed by atoms with E-state index >= 15 is 0 Å². The van der Waals surface area contributed by atoms with Crippen LogP contribution in [-0.4, -0.2) is 62.3 Å². The second-order valence-corrected chi connectivity index (χ2v) is 19.1. The minimum absolute atomic E-state index is 0.0434. The topological polar surface area (TPSA) is 235 Å². The van der Waals surface area contributed by atoms with Crippen LogP contribution in [0.3, 0.4) is 0 Å². The van der Waals surface area contributed by atoms with Gasteiger partial charge in [0, 0.05) is 49.0 Å². The Balaban J connectivity index is 0.000000195. The van der Waals surface area contributed by atoms with Crippen LogP contribution >= 0.6 is 0 Å². The first kappa shape index (κ1) is 52.3. The molecule has 0 saturated heterocycles. The van der Waals surface area contributed by atoms with Gasteiger partial charge >= 0.3 is 18.2 Å². The first-order valence-electron chi connectivity index (χ1n) is 23.4. The molecule has 8 aromatic rings. The summed E-state index contributed by atoms with van der Waals surface area (Å²) in [6.45, 7) is 11.1. The zero-order valence-electron chi connectivity index (χ0n) is 41.1. The van der Waals surface area contributed by atoms with Crippen molar-refractivity contribution < 1.29 is 33.8 Å². The number of nitrogens with zero attached hydrogens (tertiary/aromatic N) is 2. The molecule has 8 rings (SSSR count). The molecule has 2 amide bonds. The molecule has 368 valence electrons. The van der Waals surface area contributed by atoms with Gasteiger partial charge in [-0.1, -0.05) is 115 Å². The molecule has 0 aliphatic rings. The molecule has 0 saturated carbocycles. The monoisotopic (exact) mass is 957 g/mol. The van der Waals surface area contributed by atoms with Gasteiger partial charge in [-0.3, -0.25) is 4.79 Å². The number of carbonyl (C=O) groups excluding carboxylic acids is 3. The lowest BCUT2D eigenvalue weighted by Crippen LogP contribution is -2.44. The van der Waals surface area contributed by atoms with Crippen LogP contribution in [0, 0.1) is 0 Å². The molecule has 0 unspecified atom stereocenters. The number of pyridine rings is 2. The molecule has 0 radical (unpaired) electrons. The molecular formula is C57H63N7O7. The van der Waals surface area contributed by atoms with E-state index in [2.05, 4.69) is 20.6 Å². The number of amides is 2. The quantitative estimate of drug-likeness (QED) is 0.0671. The minimum atomic E-state index is -1.09. The molecule has 0 aliphatic heterocycles. The Hall–Kier alpha value is -8.10. The third kappa shape index (κ3) is 15.2. The number of anilines is 2. The molecule has 2 aromatic heterocycles. The molecular weight excluding hydrogens is 895 g/mol. The van der Waals surface area contributed by atoms with Crippen molar-refractivity contribution >= 4 is 78.7 Å². The molecule has 14 nitrogen and oxygen atoms in total. The summed E-state index contributed by atoms with van der Waals surface area (Å²) in [5.41, 5.74) is 19.9. The number of nitrogens with one attached hydrogen (secondary N) is 2. The number of fused-ring (bicyclic) bond motifs is 4. The number of nitrogens with two attached hydrogens (primary N) is 3. The van der Waals surface area contributed by atoms with Crippen molar-refractivity contribution in [2.75, 3.05) is 11.5 Å². The van der Waals surface area contributed by atoms with Gasteiger partial charge in [-0.25, -0.2) is 24.4 Å². The van der Waals surface area contributed by atoms with Crippen molar-refractivity contribution in [3.05, 3.63) is 168 Å². The van der Waals surface area contributed by atoms with E-state index < -0.39 is 41.4 Å². The van der Waals surface area contributed by atoms with Gasteiger partial charge in [0.25, 0.3) is 0 Å². The van der Waals surface area contributed by atoms with Gasteiger partial charge in [0.1, 0.15) is 28.9 Å². The molecule has 9 N–H and O–H groups in total. The number of ketones is 1. The maximum Gasteiger partial charge on any atom is 0.408 e. The van der Waals surface area contributed by atoms with Crippen molar-refractivity contribution in [1.29, 1.82) is 0 Å². The SMILES string of the molecule is CC(C)(C)OC(=O)N[C@@H](Cc1cccc2ccccc12)C(=O)CCc1ccc2c(N)nccc2c1.CC(C)(C)OC(=O)N[C@@H](Cc1cccc2ccccc12)C(=O)O.NCc1ccc2c(N)nccc2c1. The lowest BCUT2D eigenvalue weighted by Gasteiger charge is -2.23. The third-order valence-electron chi connectivity index (χ3n) is 11.3. The Morgan fingerprint density at radius 3 is 1.46 bits per heavy atom. The van der Waals surface area contributed by atoms with E-state index in [1.165, 1.54) is 0 Å². The Morgan fingerprint density at radius 2 is 0.986 bits per heavy atom. The summed E-state index contributed by atoms with van der Waals surface area (Å²) in [7, 11) is 0. The van der Waals surface area contributed by atoms with Crippen LogP contribution in [-0.2, 0) is 44.9 Å². The molecule has 14 heteroatoms. The summed E-state index contributed by atoms with van der Waals surface area (Å²) >= 11 is 0. The second-order valence-electron chi connectivity index (χ2n) is 19.1. The van der Waals surface area contributed by atoms with Crippen molar-refractivity contribution in [3.63, 3.8) is 0 Å². The van der Waals surface area contributed by atoms with Crippen molar-refractivity contribution in [2.45, 2.75) is 97.1 Å². The number of aromatic nitrogens is 2. The highest BCUT2D eigenvalue weighted by molar-refractivity contribution is 5.93. The number of aliphatic carboxylic acids is 1. The summed E-state index contributed by atoms with van der Waals surface area (Å²) < 4.78 is 10.6.